The molecule has 204 valence electrons. The Bertz CT molecular complexity index is 1440. The van der Waals surface area contributed by atoms with Crippen LogP contribution in [0.3, 0.4) is 0 Å². The van der Waals surface area contributed by atoms with E-state index in [9.17, 15) is 0 Å². The van der Waals surface area contributed by atoms with E-state index >= 15 is 4.39 Å². The number of ether oxygens (including phenoxy) is 5. The molecule has 0 aliphatic carbocycles. The minimum Gasteiger partial charge on any atom is -0.496 e. The van der Waals surface area contributed by atoms with Gasteiger partial charge in [-0.2, -0.15) is 0 Å². The number of morpholine rings is 1. The van der Waals surface area contributed by atoms with Crippen molar-refractivity contribution in [1.29, 1.82) is 0 Å². The van der Waals surface area contributed by atoms with Crippen molar-refractivity contribution in [2.45, 2.75) is 13.3 Å². The second kappa shape index (κ2) is 12.3. The van der Waals surface area contributed by atoms with E-state index in [0.717, 1.165) is 56.1 Å². The van der Waals surface area contributed by atoms with Crippen molar-refractivity contribution >= 4 is 10.9 Å². The monoisotopic (exact) mass is 532 g/mol. The Morgan fingerprint density at radius 1 is 0.923 bits per heavy atom. The van der Waals surface area contributed by atoms with Gasteiger partial charge in [0, 0.05) is 42.8 Å². The van der Waals surface area contributed by atoms with Gasteiger partial charge in [-0.25, -0.2) is 4.39 Å². The predicted molar refractivity (Wildman–Crippen MR) is 149 cm³/mol. The summed E-state index contributed by atoms with van der Waals surface area (Å²) < 4.78 is 43.9. The molecule has 2 heterocycles. The third-order valence-corrected chi connectivity index (χ3v) is 6.85. The first-order chi connectivity index (χ1) is 19.1. The number of benzene rings is 3. The van der Waals surface area contributed by atoms with Crippen molar-refractivity contribution < 1.29 is 28.1 Å². The van der Waals surface area contributed by atoms with Crippen molar-refractivity contribution in [2.24, 2.45) is 0 Å². The molecule has 0 spiro atoms. The second-order valence-corrected chi connectivity index (χ2v) is 9.39. The van der Waals surface area contributed by atoms with Gasteiger partial charge in [-0.1, -0.05) is 24.3 Å². The average molecular weight is 533 g/mol. The third kappa shape index (κ3) is 6.08. The van der Waals surface area contributed by atoms with Crippen LogP contribution in [0.4, 0.5) is 4.39 Å². The van der Waals surface area contributed by atoms with E-state index < -0.39 is 5.82 Å². The number of methoxy groups -OCH3 is 2. The van der Waals surface area contributed by atoms with E-state index in [4.69, 9.17) is 23.7 Å². The highest BCUT2D eigenvalue weighted by atomic mass is 19.1. The van der Waals surface area contributed by atoms with Gasteiger partial charge in [-0.3, -0.25) is 9.88 Å². The van der Waals surface area contributed by atoms with Crippen LogP contribution in [0.5, 0.6) is 28.7 Å². The number of fused-ring (bicyclic) bond motifs is 1. The first-order valence-corrected chi connectivity index (χ1v) is 13.1. The van der Waals surface area contributed by atoms with E-state index in [1.54, 1.807) is 32.5 Å². The molecule has 1 fully saturated rings. The molecule has 8 heteroatoms. The molecule has 0 atom stereocenters. The van der Waals surface area contributed by atoms with Gasteiger partial charge in [-0.15, -0.1) is 0 Å². The fourth-order valence-electron chi connectivity index (χ4n) is 4.81. The lowest BCUT2D eigenvalue weighted by Gasteiger charge is -2.26. The molecular formula is C31H33FN2O5. The zero-order valence-corrected chi connectivity index (χ0v) is 22.5. The first kappa shape index (κ1) is 26.7. The predicted octanol–water partition coefficient (Wildman–Crippen LogP) is 6.26. The molecule has 39 heavy (non-hydrogen) atoms. The molecule has 1 aliphatic rings. The van der Waals surface area contributed by atoms with E-state index in [-0.39, 0.29) is 5.75 Å². The van der Waals surface area contributed by atoms with Gasteiger partial charge in [0.1, 0.15) is 11.5 Å². The molecular weight excluding hydrogens is 499 g/mol. The lowest BCUT2D eigenvalue weighted by atomic mass is 10.0. The number of aromatic nitrogens is 1. The first-order valence-electron chi connectivity index (χ1n) is 13.1. The Hall–Kier alpha value is -3.88. The highest BCUT2D eigenvalue weighted by Crippen LogP contribution is 2.39. The number of hydrogen-bond acceptors (Lipinski definition) is 7. The quantitative estimate of drug-likeness (QED) is 0.223. The molecule has 7 nitrogen and oxygen atoms in total. The van der Waals surface area contributed by atoms with Crippen LogP contribution in [0, 0.1) is 12.7 Å². The number of rotatable bonds is 10. The number of aryl methyl sites for hydroxylation is 1. The van der Waals surface area contributed by atoms with Crippen LogP contribution in [0.15, 0.2) is 60.8 Å². The molecule has 0 radical (unpaired) electrons. The molecule has 4 aromatic rings. The number of nitrogens with zero attached hydrogens (tertiary/aromatic N) is 2. The van der Waals surface area contributed by atoms with Crippen molar-refractivity contribution in [2.75, 3.05) is 53.7 Å². The van der Waals surface area contributed by atoms with E-state index in [1.807, 2.05) is 43.3 Å². The molecule has 0 bridgehead atoms. The number of pyridine rings is 1. The van der Waals surface area contributed by atoms with Crippen LogP contribution in [-0.4, -0.2) is 63.6 Å². The van der Waals surface area contributed by atoms with Crippen LogP contribution < -0.4 is 18.9 Å². The zero-order chi connectivity index (χ0) is 27.2. The van der Waals surface area contributed by atoms with Crippen LogP contribution in [0.2, 0.25) is 0 Å². The summed E-state index contributed by atoms with van der Waals surface area (Å²) in [6.45, 7) is 6.94. The number of halogens is 1. The third-order valence-electron chi connectivity index (χ3n) is 6.85. The Morgan fingerprint density at radius 3 is 2.54 bits per heavy atom. The summed E-state index contributed by atoms with van der Waals surface area (Å²) in [5, 5.41) is 0.693. The Balaban J connectivity index is 1.34. The zero-order valence-electron chi connectivity index (χ0n) is 22.5. The van der Waals surface area contributed by atoms with Gasteiger partial charge >= 0.3 is 0 Å². The summed E-state index contributed by atoms with van der Waals surface area (Å²) in [5.41, 5.74) is 3.17. The maximum Gasteiger partial charge on any atom is 0.166 e. The topological polar surface area (TPSA) is 62.3 Å². The second-order valence-electron chi connectivity index (χ2n) is 9.39. The molecule has 1 aliphatic heterocycles. The minimum atomic E-state index is -0.479. The molecule has 0 N–H and O–H groups in total. The maximum atomic E-state index is 15.2. The molecule has 1 aromatic heterocycles. The summed E-state index contributed by atoms with van der Waals surface area (Å²) >= 11 is 0. The number of hydrogen-bond donors (Lipinski definition) is 0. The van der Waals surface area contributed by atoms with Gasteiger partial charge < -0.3 is 23.7 Å². The normalized spacial score (nSPS) is 13.8. The summed E-state index contributed by atoms with van der Waals surface area (Å²) in [6, 6.07) is 16.1. The summed E-state index contributed by atoms with van der Waals surface area (Å²) in [6.07, 6.45) is 2.53. The highest BCUT2D eigenvalue weighted by molar-refractivity contribution is 5.88. The summed E-state index contributed by atoms with van der Waals surface area (Å²) in [7, 11) is 3.21. The smallest absolute Gasteiger partial charge is 0.166 e. The van der Waals surface area contributed by atoms with Crippen molar-refractivity contribution in [3.63, 3.8) is 0 Å². The largest absolute Gasteiger partial charge is 0.496 e. The molecule has 0 unspecified atom stereocenters. The van der Waals surface area contributed by atoms with Crippen molar-refractivity contribution in [3.8, 4) is 39.9 Å². The van der Waals surface area contributed by atoms with Gasteiger partial charge in [0.15, 0.2) is 23.1 Å². The van der Waals surface area contributed by atoms with Crippen LogP contribution in [0.25, 0.3) is 22.0 Å². The van der Waals surface area contributed by atoms with E-state index in [1.165, 1.54) is 6.07 Å². The van der Waals surface area contributed by atoms with Crippen molar-refractivity contribution in [1.82, 2.24) is 9.88 Å². The van der Waals surface area contributed by atoms with Crippen molar-refractivity contribution in [3.05, 3.63) is 72.2 Å². The van der Waals surface area contributed by atoms with Crippen LogP contribution in [0.1, 0.15) is 12.0 Å². The molecule has 0 amide bonds. The fourth-order valence-corrected chi connectivity index (χ4v) is 4.81. The van der Waals surface area contributed by atoms with E-state index in [2.05, 4.69) is 9.88 Å². The molecule has 5 rings (SSSR count). The molecule has 3 aromatic carbocycles. The number of para-hydroxylation sites is 1. The SMILES string of the molecule is COc1cc2c(Oc3ccc(-c4cccc(C)c4OC)cc3F)ccnc2cc1OCCCN1CCOCC1. The molecule has 0 saturated carbocycles. The Morgan fingerprint density at radius 2 is 1.77 bits per heavy atom. The van der Waals surface area contributed by atoms with Gasteiger partial charge in [0.2, 0.25) is 0 Å². The van der Waals surface area contributed by atoms with Gasteiger partial charge in [-0.05, 0) is 48.7 Å². The van der Waals surface area contributed by atoms with Gasteiger partial charge in [0.25, 0.3) is 0 Å². The maximum absolute atomic E-state index is 15.2. The van der Waals surface area contributed by atoms with E-state index in [0.29, 0.717) is 40.3 Å². The fraction of sp³-hybridized carbons (Fsp3) is 0.323. The Kier molecular flexibility index (Phi) is 8.44. The lowest BCUT2D eigenvalue weighted by Crippen LogP contribution is -2.37. The summed E-state index contributed by atoms with van der Waals surface area (Å²) in [5.74, 6) is 2.00. The highest BCUT2D eigenvalue weighted by Gasteiger charge is 2.16. The lowest BCUT2D eigenvalue weighted by molar-refractivity contribution is 0.0357. The minimum absolute atomic E-state index is 0.111. The Labute approximate surface area is 228 Å². The van der Waals surface area contributed by atoms with Crippen LogP contribution in [-0.2, 0) is 4.74 Å². The van der Waals surface area contributed by atoms with Crippen LogP contribution >= 0.6 is 0 Å². The summed E-state index contributed by atoms with van der Waals surface area (Å²) in [4.78, 5) is 6.85. The average Bonchev–Trinajstić information content (AvgIpc) is 2.96. The standard InChI is InChI=1S/C31H33FN2O5/c1-21-6-4-7-23(31(21)36-3)22-8-9-28(25(32)18-22)39-27-10-11-33-26-20-30(29(35-2)19-24(26)27)38-15-5-12-34-13-16-37-17-14-34/h4,6-11,18-20H,5,12-17H2,1-3H3. The molecule has 1 saturated heterocycles. The van der Waals surface area contributed by atoms with Gasteiger partial charge in [0.05, 0.1) is 39.6 Å².